The van der Waals surface area contributed by atoms with Gasteiger partial charge in [0, 0.05) is 42.9 Å². The summed E-state index contributed by atoms with van der Waals surface area (Å²) in [5.41, 5.74) is 3.05. The first-order valence-electron chi connectivity index (χ1n) is 11.1. The maximum Gasteiger partial charge on any atom is 0.238 e. The summed E-state index contributed by atoms with van der Waals surface area (Å²) >= 11 is 1.82. The van der Waals surface area contributed by atoms with Crippen molar-refractivity contribution in [1.29, 1.82) is 0 Å². The molecule has 4 nitrogen and oxygen atoms in total. The van der Waals surface area contributed by atoms with Crippen LogP contribution in [0.3, 0.4) is 0 Å². The highest BCUT2D eigenvalue weighted by Crippen LogP contribution is 2.39. The van der Waals surface area contributed by atoms with Gasteiger partial charge in [0.15, 0.2) is 11.6 Å². The molecule has 0 N–H and O–H groups in total. The largest absolute Gasteiger partial charge is 0.285 e. The van der Waals surface area contributed by atoms with Crippen LogP contribution in [0.25, 0.3) is 59.8 Å². The Labute approximate surface area is 199 Å². The number of nitrogens with zero attached hydrogens (tertiary/aromatic N) is 4. The predicted molar refractivity (Wildman–Crippen MR) is 140 cm³/mol. The van der Waals surface area contributed by atoms with Gasteiger partial charge >= 0.3 is 0 Å². The second-order valence-electron chi connectivity index (χ2n) is 8.18. The molecule has 3 aromatic heterocycles. The summed E-state index contributed by atoms with van der Waals surface area (Å²) in [6.07, 6.45) is 2.06. The van der Waals surface area contributed by atoms with Gasteiger partial charge in [-0.05, 0) is 18.2 Å². The van der Waals surface area contributed by atoms with Gasteiger partial charge in [-0.1, -0.05) is 84.9 Å². The number of fused-ring (bicyclic) bond motifs is 5. The summed E-state index contributed by atoms with van der Waals surface area (Å²) in [7, 11) is 0. The van der Waals surface area contributed by atoms with Crippen LogP contribution < -0.4 is 0 Å². The van der Waals surface area contributed by atoms with Crippen molar-refractivity contribution in [2.45, 2.75) is 0 Å². The first-order valence-corrected chi connectivity index (χ1v) is 12.0. The first kappa shape index (κ1) is 19.1. The highest BCUT2D eigenvalue weighted by molar-refractivity contribution is 7.26. The van der Waals surface area contributed by atoms with Crippen molar-refractivity contribution in [3.63, 3.8) is 0 Å². The zero-order valence-electron chi connectivity index (χ0n) is 18.1. The van der Waals surface area contributed by atoms with Gasteiger partial charge in [-0.15, -0.1) is 11.3 Å². The molecule has 7 aromatic rings. The third kappa shape index (κ3) is 3.02. The highest BCUT2D eigenvalue weighted by atomic mass is 32.1. The standard InChI is InChI=1S/C29H18N4S/c1-3-9-20(10-4-1)27-30-28(21-11-5-2-6-12-21)32-29(31-27)33-18-17-19-15-16-24-25(26(19)33)22-13-7-8-14-23(22)34-24/h1-18H. The molecule has 0 aliphatic rings. The summed E-state index contributed by atoms with van der Waals surface area (Å²) in [6, 6.07) is 35.3. The third-order valence-corrected chi connectivity index (χ3v) is 7.23. The number of aromatic nitrogens is 4. The predicted octanol–water partition coefficient (Wildman–Crippen LogP) is 7.52. The van der Waals surface area contributed by atoms with Gasteiger partial charge in [-0.25, -0.2) is 4.98 Å². The molecule has 3 heterocycles. The third-order valence-electron chi connectivity index (χ3n) is 6.09. The minimum absolute atomic E-state index is 0.616. The second-order valence-corrected chi connectivity index (χ2v) is 9.26. The lowest BCUT2D eigenvalue weighted by molar-refractivity contribution is 0.935. The van der Waals surface area contributed by atoms with Gasteiger partial charge in [-0.2, -0.15) is 9.97 Å². The Morgan fingerprint density at radius 3 is 1.91 bits per heavy atom. The van der Waals surface area contributed by atoms with E-state index >= 15 is 0 Å². The Bertz CT molecular complexity index is 1740. The van der Waals surface area contributed by atoms with E-state index in [1.807, 2.05) is 72.0 Å². The second kappa shape index (κ2) is 7.61. The van der Waals surface area contributed by atoms with Crippen LogP contribution in [0.4, 0.5) is 0 Å². The molecule has 4 aromatic carbocycles. The molecule has 0 aliphatic heterocycles. The fourth-order valence-electron chi connectivity index (χ4n) is 4.51. The molecule has 0 saturated heterocycles. The molecule has 0 unspecified atom stereocenters. The molecule has 7 rings (SSSR count). The lowest BCUT2D eigenvalue weighted by Crippen LogP contribution is -2.05. The number of rotatable bonds is 3. The Balaban J connectivity index is 1.55. The van der Waals surface area contributed by atoms with Crippen LogP contribution in [0, 0.1) is 0 Å². The van der Waals surface area contributed by atoms with E-state index in [9.17, 15) is 0 Å². The van der Waals surface area contributed by atoms with Gasteiger partial charge in [0.25, 0.3) is 0 Å². The van der Waals surface area contributed by atoms with Crippen LogP contribution in [0.1, 0.15) is 0 Å². The summed E-state index contributed by atoms with van der Waals surface area (Å²) < 4.78 is 4.65. The van der Waals surface area contributed by atoms with E-state index in [4.69, 9.17) is 15.0 Å². The van der Waals surface area contributed by atoms with Crippen LogP contribution in [-0.2, 0) is 0 Å². The smallest absolute Gasteiger partial charge is 0.238 e. The van der Waals surface area contributed by atoms with Gasteiger partial charge in [0.05, 0.1) is 5.52 Å². The first-order chi connectivity index (χ1) is 16.8. The van der Waals surface area contributed by atoms with E-state index in [-0.39, 0.29) is 0 Å². The fraction of sp³-hybridized carbons (Fsp3) is 0. The lowest BCUT2D eigenvalue weighted by Gasteiger charge is -2.10. The zero-order chi connectivity index (χ0) is 22.5. The SMILES string of the molecule is c1ccc(-c2nc(-c3ccccc3)nc(-n3ccc4ccc5sc6ccccc6c5c43)n2)cc1. The summed E-state index contributed by atoms with van der Waals surface area (Å²) in [4.78, 5) is 14.7. The van der Waals surface area contributed by atoms with Crippen LogP contribution in [0.15, 0.2) is 109 Å². The van der Waals surface area contributed by atoms with E-state index in [2.05, 4.69) is 53.2 Å². The lowest BCUT2D eigenvalue weighted by atomic mass is 10.1. The van der Waals surface area contributed by atoms with Crippen LogP contribution >= 0.6 is 11.3 Å². The average Bonchev–Trinajstić information content (AvgIpc) is 3.51. The molecule has 0 fully saturated rings. The van der Waals surface area contributed by atoms with Gasteiger partial charge in [0.2, 0.25) is 5.95 Å². The van der Waals surface area contributed by atoms with Crippen molar-refractivity contribution < 1.29 is 0 Å². The van der Waals surface area contributed by atoms with Crippen LogP contribution in [-0.4, -0.2) is 19.5 Å². The number of hydrogen-bond donors (Lipinski definition) is 0. The fourth-order valence-corrected chi connectivity index (χ4v) is 5.62. The summed E-state index contributed by atoms with van der Waals surface area (Å²) in [5, 5.41) is 3.67. The molecule has 34 heavy (non-hydrogen) atoms. The highest BCUT2D eigenvalue weighted by Gasteiger charge is 2.17. The van der Waals surface area contributed by atoms with E-state index < -0.39 is 0 Å². The van der Waals surface area contributed by atoms with E-state index in [1.165, 1.54) is 25.6 Å². The van der Waals surface area contributed by atoms with E-state index in [0.717, 1.165) is 16.6 Å². The van der Waals surface area contributed by atoms with Gasteiger partial charge in [-0.3, -0.25) is 4.57 Å². The van der Waals surface area contributed by atoms with Crippen molar-refractivity contribution in [3.8, 4) is 28.7 Å². The number of hydrogen-bond acceptors (Lipinski definition) is 4. The molecule has 0 amide bonds. The summed E-state index contributed by atoms with van der Waals surface area (Å²) in [6.45, 7) is 0. The van der Waals surface area contributed by atoms with E-state index in [0.29, 0.717) is 17.6 Å². The molecular formula is C29H18N4S. The van der Waals surface area contributed by atoms with Gasteiger partial charge in [0.1, 0.15) is 0 Å². The Hall–Kier alpha value is -4.35. The quantitative estimate of drug-likeness (QED) is 0.277. The minimum atomic E-state index is 0.616. The normalized spacial score (nSPS) is 11.5. The minimum Gasteiger partial charge on any atom is -0.285 e. The Morgan fingerprint density at radius 2 is 1.21 bits per heavy atom. The maximum absolute atomic E-state index is 4.94. The molecule has 5 heteroatoms. The van der Waals surface area contributed by atoms with Gasteiger partial charge < -0.3 is 0 Å². The van der Waals surface area contributed by atoms with Crippen molar-refractivity contribution >= 4 is 42.4 Å². The number of benzene rings is 4. The topological polar surface area (TPSA) is 43.6 Å². The van der Waals surface area contributed by atoms with E-state index in [1.54, 1.807) is 0 Å². The van der Waals surface area contributed by atoms with Crippen molar-refractivity contribution in [2.75, 3.05) is 0 Å². The number of thiophene rings is 1. The van der Waals surface area contributed by atoms with Crippen molar-refractivity contribution in [2.24, 2.45) is 0 Å². The van der Waals surface area contributed by atoms with Crippen LogP contribution in [0.2, 0.25) is 0 Å². The van der Waals surface area contributed by atoms with Crippen LogP contribution in [0.5, 0.6) is 0 Å². The molecular weight excluding hydrogens is 436 g/mol. The Morgan fingerprint density at radius 1 is 0.559 bits per heavy atom. The molecule has 0 saturated carbocycles. The molecule has 0 bridgehead atoms. The molecule has 0 aliphatic carbocycles. The molecule has 0 atom stereocenters. The average molecular weight is 455 g/mol. The molecule has 0 spiro atoms. The molecule has 160 valence electrons. The summed E-state index contributed by atoms with van der Waals surface area (Å²) in [5.74, 6) is 1.94. The molecule has 0 radical (unpaired) electrons. The zero-order valence-corrected chi connectivity index (χ0v) is 18.9. The van der Waals surface area contributed by atoms with Crippen molar-refractivity contribution in [1.82, 2.24) is 19.5 Å². The van der Waals surface area contributed by atoms with Crippen molar-refractivity contribution in [3.05, 3.63) is 109 Å². The Kier molecular flexibility index (Phi) is 4.29. The monoisotopic (exact) mass is 454 g/mol. The maximum atomic E-state index is 4.94.